The molecule has 1 aromatic rings. The van der Waals surface area contributed by atoms with Crippen molar-refractivity contribution < 1.29 is 14.6 Å². The summed E-state index contributed by atoms with van der Waals surface area (Å²) < 4.78 is 5.53. The van der Waals surface area contributed by atoms with E-state index >= 15 is 0 Å². The van der Waals surface area contributed by atoms with Crippen LogP contribution in [-0.4, -0.2) is 41.2 Å². The molecule has 0 aromatic heterocycles. The minimum absolute atomic E-state index is 0.0000722. The fourth-order valence-electron chi connectivity index (χ4n) is 2.33. The first kappa shape index (κ1) is 15.0. The summed E-state index contributed by atoms with van der Waals surface area (Å²) in [5.74, 6) is 0.0000722. The fraction of sp³-hybridized carbons (Fsp3) is 0.562. The summed E-state index contributed by atoms with van der Waals surface area (Å²) in [4.78, 5) is 14.0. The first-order valence-corrected chi connectivity index (χ1v) is 7.24. The number of likely N-dealkylation sites (tertiary alicyclic amines) is 1. The third kappa shape index (κ3) is 4.05. The Bertz CT molecular complexity index is 442. The number of piperidine rings is 1. The van der Waals surface area contributed by atoms with E-state index in [0.29, 0.717) is 18.7 Å². The smallest absolute Gasteiger partial charge is 0.253 e. The number of nitrogens with zero attached hydrogens (tertiary/aromatic N) is 1. The van der Waals surface area contributed by atoms with E-state index in [2.05, 4.69) is 0 Å². The van der Waals surface area contributed by atoms with Crippen LogP contribution in [0.3, 0.4) is 0 Å². The number of hydrogen-bond donors (Lipinski definition) is 1. The van der Waals surface area contributed by atoms with Crippen molar-refractivity contribution in [2.45, 2.75) is 45.5 Å². The topological polar surface area (TPSA) is 49.8 Å². The highest BCUT2D eigenvalue weighted by molar-refractivity contribution is 5.94. The van der Waals surface area contributed by atoms with Crippen molar-refractivity contribution in [3.05, 3.63) is 35.4 Å². The molecule has 4 nitrogen and oxygen atoms in total. The molecule has 110 valence electrons. The van der Waals surface area contributed by atoms with Gasteiger partial charge in [-0.2, -0.15) is 0 Å². The van der Waals surface area contributed by atoms with Crippen LogP contribution in [0.5, 0.6) is 0 Å². The van der Waals surface area contributed by atoms with Crippen molar-refractivity contribution in [2.24, 2.45) is 0 Å². The van der Waals surface area contributed by atoms with Crippen LogP contribution in [0.2, 0.25) is 0 Å². The number of aliphatic hydroxyl groups excluding tert-OH is 1. The normalized spacial score (nSPS) is 19.4. The van der Waals surface area contributed by atoms with E-state index in [1.165, 1.54) is 0 Å². The third-order valence-corrected chi connectivity index (χ3v) is 3.47. The van der Waals surface area contributed by atoms with Crippen molar-refractivity contribution >= 4 is 5.91 Å². The molecule has 1 aromatic carbocycles. The largest absolute Gasteiger partial charge is 0.391 e. The molecule has 1 heterocycles. The van der Waals surface area contributed by atoms with Gasteiger partial charge in [-0.1, -0.05) is 12.1 Å². The van der Waals surface area contributed by atoms with Crippen molar-refractivity contribution in [3.63, 3.8) is 0 Å². The summed E-state index contributed by atoms with van der Waals surface area (Å²) in [5, 5.41) is 9.63. The molecule has 0 spiro atoms. The minimum atomic E-state index is -0.383. The maximum Gasteiger partial charge on any atom is 0.253 e. The number of aliphatic hydroxyl groups is 1. The van der Waals surface area contributed by atoms with Crippen molar-refractivity contribution in [2.75, 3.05) is 13.1 Å². The van der Waals surface area contributed by atoms with E-state index < -0.39 is 0 Å². The van der Waals surface area contributed by atoms with Gasteiger partial charge in [0.25, 0.3) is 5.91 Å². The Hall–Kier alpha value is -1.39. The van der Waals surface area contributed by atoms with Gasteiger partial charge >= 0.3 is 0 Å². The number of benzene rings is 1. The van der Waals surface area contributed by atoms with E-state index in [9.17, 15) is 9.90 Å². The summed E-state index contributed by atoms with van der Waals surface area (Å²) in [6, 6.07) is 7.52. The van der Waals surface area contributed by atoms with Gasteiger partial charge in [-0.15, -0.1) is 0 Å². The van der Waals surface area contributed by atoms with Gasteiger partial charge in [0.1, 0.15) is 0 Å². The Morgan fingerprint density at radius 3 is 2.70 bits per heavy atom. The standard InChI is InChI=1S/C16H23NO3/c1-12(2)20-11-13-5-7-14(8-6-13)16(19)17-9-3-4-15(18)10-17/h5-8,12,15,18H,3-4,9-11H2,1-2H3/t15-/m0/s1. The molecule has 20 heavy (non-hydrogen) atoms. The lowest BCUT2D eigenvalue weighted by atomic mass is 10.1. The molecule has 1 saturated heterocycles. The molecule has 1 N–H and O–H groups in total. The van der Waals surface area contributed by atoms with Crippen LogP contribution < -0.4 is 0 Å². The Kier molecular flexibility index (Phi) is 5.15. The number of ether oxygens (including phenoxy) is 1. The SMILES string of the molecule is CC(C)OCc1ccc(C(=O)N2CCC[C@H](O)C2)cc1. The van der Waals surface area contributed by atoms with Gasteiger partial charge < -0.3 is 14.7 Å². The lowest BCUT2D eigenvalue weighted by Gasteiger charge is -2.30. The molecule has 0 bridgehead atoms. The highest BCUT2D eigenvalue weighted by atomic mass is 16.5. The Morgan fingerprint density at radius 1 is 1.40 bits per heavy atom. The summed E-state index contributed by atoms with van der Waals surface area (Å²) in [6.07, 6.45) is 1.47. The fourth-order valence-corrected chi connectivity index (χ4v) is 2.33. The maximum atomic E-state index is 12.3. The Morgan fingerprint density at radius 2 is 2.10 bits per heavy atom. The number of amides is 1. The number of hydrogen-bond acceptors (Lipinski definition) is 3. The second kappa shape index (κ2) is 6.86. The molecule has 1 fully saturated rings. The van der Waals surface area contributed by atoms with Gasteiger partial charge in [0.2, 0.25) is 0 Å². The van der Waals surface area contributed by atoms with Crippen LogP contribution in [0.4, 0.5) is 0 Å². The molecule has 0 unspecified atom stereocenters. The molecule has 4 heteroatoms. The lowest BCUT2D eigenvalue weighted by Crippen LogP contribution is -2.42. The highest BCUT2D eigenvalue weighted by Crippen LogP contribution is 2.15. The zero-order valence-corrected chi connectivity index (χ0v) is 12.2. The Labute approximate surface area is 120 Å². The van der Waals surface area contributed by atoms with Gasteiger partial charge in [0, 0.05) is 18.7 Å². The minimum Gasteiger partial charge on any atom is -0.391 e. The predicted octanol–water partition coefficient (Wildman–Crippen LogP) is 2.21. The van der Waals surface area contributed by atoms with Crippen LogP contribution in [0.1, 0.15) is 42.6 Å². The molecule has 1 aliphatic rings. The van der Waals surface area contributed by atoms with Crippen molar-refractivity contribution in [3.8, 4) is 0 Å². The van der Waals surface area contributed by atoms with E-state index in [1.54, 1.807) is 4.90 Å². The number of rotatable bonds is 4. The summed E-state index contributed by atoms with van der Waals surface area (Å²) in [6.45, 7) is 5.73. The van der Waals surface area contributed by atoms with Crippen LogP contribution in [0.25, 0.3) is 0 Å². The first-order chi connectivity index (χ1) is 9.56. The second-order valence-corrected chi connectivity index (χ2v) is 5.60. The van der Waals surface area contributed by atoms with E-state index in [4.69, 9.17) is 4.74 Å². The van der Waals surface area contributed by atoms with Gasteiger partial charge in [0.15, 0.2) is 0 Å². The van der Waals surface area contributed by atoms with Gasteiger partial charge in [-0.25, -0.2) is 0 Å². The molecule has 1 atom stereocenters. The molecule has 2 rings (SSSR count). The summed E-state index contributed by atoms with van der Waals surface area (Å²) >= 11 is 0. The number of carbonyl (C=O) groups excluding carboxylic acids is 1. The zero-order valence-electron chi connectivity index (χ0n) is 12.2. The molecule has 0 radical (unpaired) electrons. The van der Waals surface area contributed by atoms with Crippen molar-refractivity contribution in [1.82, 2.24) is 4.90 Å². The molecule has 1 aliphatic heterocycles. The third-order valence-electron chi connectivity index (χ3n) is 3.47. The second-order valence-electron chi connectivity index (χ2n) is 5.60. The molecular weight excluding hydrogens is 254 g/mol. The summed E-state index contributed by atoms with van der Waals surface area (Å²) in [5.41, 5.74) is 1.74. The average Bonchev–Trinajstić information content (AvgIpc) is 2.45. The van der Waals surface area contributed by atoms with Gasteiger partial charge in [-0.05, 0) is 44.4 Å². The van der Waals surface area contributed by atoms with Gasteiger partial charge in [0.05, 0.1) is 18.8 Å². The van der Waals surface area contributed by atoms with E-state index in [-0.39, 0.29) is 18.1 Å². The highest BCUT2D eigenvalue weighted by Gasteiger charge is 2.22. The average molecular weight is 277 g/mol. The zero-order chi connectivity index (χ0) is 14.5. The molecule has 0 saturated carbocycles. The number of β-amino-alcohol motifs (C(OH)–C–C–N with tert-alkyl or cyclic N) is 1. The van der Waals surface area contributed by atoms with Crippen LogP contribution >= 0.6 is 0 Å². The van der Waals surface area contributed by atoms with Crippen molar-refractivity contribution in [1.29, 1.82) is 0 Å². The molecular formula is C16H23NO3. The van der Waals surface area contributed by atoms with Gasteiger partial charge in [-0.3, -0.25) is 4.79 Å². The van der Waals surface area contributed by atoms with Crippen LogP contribution in [-0.2, 0) is 11.3 Å². The summed E-state index contributed by atoms with van der Waals surface area (Å²) in [7, 11) is 0. The monoisotopic (exact) mass is 277 g/mol. The van der Waals surface area contributed by atoms with E-state index in [1.807, 2.05) is 38.1 Å². The predicted molar refractivity (Wildman–Crippen MR) is 77.5 cm³/mol. The molecule has 0 aliphatic carbocycles. The first-order valence-electron chi connectivity index (χ1n) is 7.24. The molecule has 1 amide bonds. The Balaban J connectivity index is 1.96. The number of carbonyl (C=O) groups is 1. The van der Waals surface area contributed by atoms with Crippen LogP contribution in [0, 0.1) is 0 Å². The van der Waals surface area contributed by atoms with Crippen LogP contribution in [0.15, 0.2) is 24.3 Å². The lowest BCUT2D eigenvalue weighted by molar-refractivity contribution is 0.0473. The maximum absolute atomic E-state index is 12.3. The quantitative estimate of drug-likeness (QED) is 0.918. The van der Waals surface area contributed by atoms with E-state index in [0.717, 1.165) is 24.9 Å².